The molecule has 0 radical (unpaired) electrons. The second-order valence-corrected chi connectivity index (χ2v) is 8.57. The Bertz CT molecular complexity index is 1540. The van der Waals surface area contributed by atoms with E-state index in [2.05, 4.69) is 19.9 Å². The molecule has 4 rings (SSSR count). The van der Waals surface area contributed by atoms with Crippen molar-refractivity contribution in [1.29, 1.82) is 0 Å². The summed E-state index contributed by atoms with van der Waals surface area (Å²) in [6, 6.07) is 12.7. The van der Waals surface area contributed by atoms with Crippen LogP contribution in [0.4, 0.5) is 4.39 Å². The number of H-pyrrole nitrogens is 3. The van der Waals surface area contributed by atoms with E-state index in [1.165, 1.54) is 18.2 Å². The minimum Gasteiger partial charge on any atom is -0.457 e. The first-order valence-electron chi connectivity index (χ1n) is 10.3. The predicted octanol–water partition coefficient (Wildman–Crippen LogP) is 2.67. The molecule has 7 nitrogen and oxygen atoms in total. The summed E-state index contributed by atoms with van der Waals surface area (Å²) < 4.78 is 19.1. The summed E-state index contributed by atoms with van der Waals surface area (Å²) in [5.74, 6) is 0.415. The van der Waals surface area contributed by atoms with Gasteiger partial charge in [0.25, 0.3) is 11.1 Å². The van der Waals surface area contributed by atoms with Crippen LogP contribution in [0.3, 0.4) is 0 Å². The Labute approximate surface area is 188 Å². The molecule has 0 atom stereocenters. The van der Waals surface area contributed by atoms with Gasteiger partial charge in [-0.05, 0) is 42.0 Å². The molecule has 0 saturated heterocycles. The molecule has 2 aromatic carbocycles. The third-order valence-electron chi connectivity index (χ3n) is 4.89. The van der Waals surface area contributed by atoms with Crippen LogP contribution in [-0.4, -0.2) is 19.9 Å². The number of aromatic amines is 3. The highest BCUT2D eigenvalue weighted by atomic mass is 19.1. The molecule has 2 aromatic heterocycles. The number of nitrogens with one attached hydrogen (secondary N) is 3. The molecule has 3 N–H and O–H groups in total. The van der Waals surface area contributed by atoms with Crippen LogP contribution in [0.5, 0.6) is 11.5 Å². The number of nitrogens with zero attached hydrogens (tertiary/aromatic N) is 1. The minimum absolute atomic E-state index is 0.0955. The average molecular weight is 446 g/mol. The molecule has 0 saturated carbocycles. The van der Waals surface area contributed by atoms with Gasteiger partial charge in [0, 0.05) is 17.2 Å². The van der Waals surface area contributed by atoms with Gasteiger partial charge in [-0.2, -0.15) is 0 Å². The lowest BCUT2D eigenvalue weighted by atomic mass is 9.90. The summed E-state index contributed by atoms with van der Waals surface area (Å²) in [4.78, 5) is 37.9. The van der Waals surface area contributed by atoms with Gasteiger partial charge in [-0.1, -0.05) is 39.0 Å². The summed E-state index contributed by atoms with van der Waals surface area (Å²) in [7, 11) is 0. The van der Waals surface area contributed by atoms with Crippen molar-refractivity contribution >= 4 is 12.2 Å². The second-order valence-electron chi connectivity index (χ2n) is 8.57. The maximum Gasteiger partial charge on any atom is 0.272 e. The molecular formula is C25H23FN4O3. The number of benzene rings is 2. The van der Waals surface area contributed by atoms with Crippen molar-refractivity contribution in [2.24, 2.45) is 0 Å². The van der Waals surface area contributed by atoms with Gasteiger partial charge < -0.3 is 19.7 Å². The molecule has 0 unspecified atom stereocenters. The summed E-state index contributed by atoms with van der Waals surface area (Å²) in [6.07, 6.45) is 4.64. The molecule has 8 heteroatoms. The van der Waals surface area contributed by atoms with E-state index in [9.17, 15) is 14.0 Å². The zero-order valence-corrected chi connectivity index (χ0v) is 18.4. The molecule has 33 heavy (non-hydrogen) atoms. The molecule has 0 spiro atoms. The number of rotatable bonds is 4. The van der Waals surface area contributed by atoms with E-state index in [0.717, 1.165) is 5.69 Å². The molecule has 0 fully saturated rings. The lowest BCUT2D eigenvalue weighted by Crippen LogP contribution is -2.46. The van der Waals surface area contributed by atoms with Gasteiger partial charge in [-0.15, -0.1) is 0 Å². The third-order valence-corrected chi connectivity index (χ3v) is 4.89. The lowest BCUT2D eigenvalue weighted by Gasteiger charge is -2.16. The summed E-state index contributed by atoms with van der Waals surface area (Å²) in [6.45, 7) is 6.07. The van der Waals surface area contributed by atoms with Crippen LogP contribution >= 0.6 is 0 Å². The fourth-order valence-corrected chi connectivity index (χ4v) is 3.35. The molecule has 0 amide bonds. The second kappa shape index (κ2) is 8.74. The van der Waals surface area contributed by atoms with E-state index in [4.69, 9.17) is 4.74 Å². The highest BCUT2D eigenvalue weighted by Crippen LogP contribution is 2.23. The van der Waals surface area contributed by atoms with E-state index in [0.29, 0.717) is 22.8 Å². The summed E-state index contributed by atoms with van der Waals surface area (Å²) >= 11 is 0. The van der Waals surface area contributed by atoms with Crippen LogP contribution < -0.4 is 26.6 Å². The molecular weight excluding hydrogens is 423 g/mol. The quantitative estimate of drug-likeness (QED) is 0.448. The van der Waals surface area contributed by atoms with Crippen LogP contribution in [0.2, 0.25) is 0 Å². The Balaban J connectivity index is 1.70. The smallest absolute Gasteiger partial charge is 0.272 e. The highest BCUT2D eigenvalue weighted by molar-refractivity contribution is 5.52. The van der Waals surface area contributed by atoms with Crippen LogP contribution in [0.25, 0.3) is 12.2 Å². The Morgan fingerprint density at radius 1 is 0.909 bits per heavy atom. The zero-order valence-electron chi connectivity index (χ0n) is 18.4. The fraction of sp³-hybridized carbons (Fsp3) is 0.160. The lowest BCUT2D eigenvalue weighted by molar-refractivity contribution is 0.476. The standard InChI is InChI=1S/C25H23FN4O3/c1-25(2,3)22-19(27-14-28-22)13-21-24(32)29-20(23(31)30-21)11-15-6-4-8-17(10-15)33-18-9-5-7-16(26)12-18/h4-14H,1-3H3,(H,27,28)(H,29,32)(H,30,31)/b20-11-,21-13-. The number of aromatic nitrogens is 4. The van der Waals surface area contributed by atoms with Crippen molar-refractivity contribution in [3.63, 3.8) is 0 Å². The molecule has 0 bridgehead atoms. The first-order valence-corrected chi connectivity index (χ1v) is 10.3. The maximum absolute atomic E-state index is 13.4. The van der Waals surface area contributed by atoms with Crippen molar-refractivity contribution in [2.75, 3.05) is 0 Å². The highest BCUT2D eigenvalue weighted by Gasteiger charge is 2.19. The van der Waals surface area contributed by atoms with Crippen LogP contribution in [-0.2, 0) is 5.41 Å². The van der Waals surface area contributed by atoms with E-state index in [1.807, 2.05) is 20.8 Å². The fourth-order valence-electron chi connectivity index (χ4n) is 3.35. The SMILES string of the molecule is CC(C)(C)c1[nH]cnc1/C=c1\[nH]c(=O)/c(=C/c2cccc(Oc3cccc(F)c3)c2)[nH]c1=O. The Morgan fingerprint density at radius 3 is 2.21 bits per heavy atom. The number of halogens is 1. The predicted molar refractivity (Wildman–Crippen MR) is 124 cm³/mol. The van der Waals surface area contributed by atoms with Crippen LogP contribution in [0, 0.1) is 5.82 Å². The maximum atomic E-state index is 13.4. The first kappa shape index (κ1) is 22.0. The van der Waals surface area contributed by atoms with E-state index >= 15 is 0 Å². The zero-order chi connectivity index (χ0) is 23.6. The molecule has 0 aliphatic heterocycles. The van der Waals surface area contributed by atoms with Gasteiger partial charge >= 0.3 is 0 Å². The Kier molecular flexibility index (Phi) is 5.83. The van der Waals surface area contributed by atoms with Crippen LogP contribution in [0.15, 0.2) is 64.4 Å². The summed E-state index contributed by atoms with van der Waals surface area (Å²) in [5.41, 5.74) is 0.961. The van der Waals surface area contributed by atoms with Crippen molar-refractivity contribution in [3.05, 3.63) is 109 Å². The number of imidazole rings is 1. The molecule has 168 valence electrons. The molecule has 2 heterocycles. The molecule has 0 aliphatic carbocycles. The van der Waals surface area contributed by atoms with Gasteiger partial charge in [0.15, 0.2) is 0 Å². The third kappa shape index (κ3) is 5.17. The largest absolute Gasteiger partial charge is 0.457 e. The topological polar surface area (TPSA) is 104 Å². The van der Waals surface area contributed by atoms with Gasteiger partial charge in [-0.25, -0.2) is 9.37 Å². The Morgan fingerprint density at radius 2 is 1.55 bits per heavy atom. The van der Waals surface area contributed by atoms with Crippen molar-refractivity contribution < 1.29 is 9.13 Å². The van der Waals surface area contributed by atoms with E-state index < -0.39 is 16.9 Å². The molecule has 0 aliphatic rings. The average Bonchev–Trinajstić information content (AvgIpc) is 3.21. The number of hydrogen-bond acceptors (Lipinski definition) is 4. The van der Waals surface area contributed by atoms with Crippen molar-refractivity contribution in [1.82, 2.24) is 19.9 Å². The van der Waals surface area contributed by atoms with E-state index in [1.54, 1.807) is 48.8 Å². The van der Waals surface area contributed by atoms with Gasteiger partial charge in [0.1, 0.15) is 28.0 Å². The normalized spacial score (nSPS) is 12.8. The van der Waals surface area contributed by atoms with Gasteiger partial charge in [-0.3, -0.25) is 9.59 Å². The van der Waals surface area contributed by atoms with Gasteiger partial charge in [0.2, 0.25) is 0 Å². The number of ether oxygens (including phenoxy) is 1. The van der Waals surface area contributed by atoms with Gasteiger partial charge in [0.05, 0.1) is 12.0 Å². The number of hydrogen-bond donors (Lipinski definition) is 3. The summed E-state index contributed by atoms with van der Waals surface area (Å²) in [5, 5.41) is 0.205. The molecule has 4 aromatic rings. The van der Waals surface area contributed by atoms with Crippen LogP contribution in [0.1, 0.15) is 37.7 Å². The monoisotopic (exact) mass is 446 g/mol. The Hall–Kier alpha value is -4.20. The van der Waals surface area contributed by atoms with E-state index in [-0.39, 0.29) is 16.1 Å². The first-order chi connectivity index (χ1) is 15.7. The van der Waals surface area contributed by atoms with Crippen molar-refractivity contribution in [2.45, 2.75) is 26.2 Å². The minimum atomic E-state index is -0.454. The van der Waals surface area contributed by atoms with Crippen molar-refractivity contribution in [3.8, 4) is 11.5 Å².